The molecule has 1 aromatic heterocycles. The first-order valence-electron chi connectivity index (χ1n) is 8.05. The first-order valence-corrected chi connectivity index (χ1v) is 8.05. The quantitative estimate of drug-likeness (QED) is 0.867. The Bertz CT molecular complexity index is 727. The monoisotopic (exact) mass is 326 g/mol. The van der Waals surface area contributed by atoms with Gasteiger partial charge >= 0.3 is 0 Å². The number of piperidine rings is 1. The van der Waals surface area contributed by atoms with Gasteiger partial charge in [0.15, 0.2) is 11.5 Å². The van der Waals surface area contributed by atoms with Gasteiger partial charge in [-0.1, -0.05) is 0 Å². The Balaban J connectivity index is 1.36. The van der Waals surface area contributed by atoms with Crippen molar-refractivity contribution in [1.82, 2.24) is 9.88 Å². The fourth-order valence-corrected chi connectivity index (χ4v) is 3.00. The smallest absolute Gasteiger partial charge is 0.253 e. The number of likely N-dealkylation sites (tertiary alicyclic amines) is 1. The van der Waals surface area contributed by atoms with E-state index in [1.165, 1.54) is 0 Å². The fraction of sp³-hybridized carbons (Fsp3) is 0.333. The van der Waals surface area contributed by atoms with E-state index in [2.05, 4.69) is 4.98 Å². The number of pyridine rings is 1. The molecule has 4 rings (SSSR count). The number of ether oxygens (including phenoxy) is 3. The summed E-state index contributed by atoms with van der Waals surface area (Å²) in [6.45, 7) is 1.57. The lowest BCUT2D eigenvalue weighted by Gasteiger charge is -2.32. The molecule has 6 heteroatoms. The van der Waals surface area contributed by atoms with Crippen LogP contribution in [-0.2, 0) is 0 Å². The summed E-state index contributed by atoms with van der Waals surface area (Å²) < 4.78 is 16.5. The Morgan fingerprint density at radius 1 is 1.17 bits per heavy atom. The number of hydrogen-bond donors (Lipinski definition) is 0. The van der Waals surface area contributed by atoms with Crippen LogP contribution in [0.2, 0.25) is 0 Å². The van der Waals surface area contributed by atoms with Crippen molar-refractivity contribution in [3.63, 3.8) is 0 Å². The molecule has 2 aromatic rings. The summed E-state index contributed by atoms with van der Waals surface area (Å²) in [4.78, 5) is 18.6. The molecule has 24 heavy (non-hydrogen) atoms. The van der Waals surface area contributed by atoms with Crippen LogP contribution in [0.3, 0.4) is 0 Å². The number of rotatable bonds is 3. The van der Waals surface area contributed by atoms with E-state index in [-0.39, 0.29) is 18.8 Å². The second-order valence-corrected chi connectivity index (χ2v) is 5.87. The van der Waals surface area contributed by atoms with E-state index >= 15 is 0 Å². The van der Waals surface area contributed by atoms with Crippen molar-refractivity contribution in [2.45, 2.75) is 18.9 Å². The van der Waals surface area contributed by atoms with Gasteiger partial charge in [0.25, 0.3) is 5.91 Å². The summed E-state index contributed by atoms with van der Waals surface area (Å²) in [5, 5.41) is 0. The number of hydrogen-bond acceptors (Lipinski definition) is 5. The molecule has 2 aliphatic rings. The van der Waals surface area contributed by atoms with Gasteiger partial charge in [-0.3, -0.25) is 9.78 Å². The molecule has 0 bridgehead atoms. The van der Waals surface area contributed by atoms with Crippen molar-refractivity contribution in [3.8, 4) is 17.2 Å². The third kappa shape index (κ3) is 2.99. The summed E-state index contributed by atoms with van der Waals surface area (Å²) in [5.41, 5.74) is 0.630. The van der Waals surface area contributed by atoms with E-state index in [1.807, 2.05) is 17.0 Å². The number of aromatic nitrogens is 1. The first kappa shape index (κ1) is 14.8. The molecule has 1 aromatic carbocycles. The molecule has 0 saturated carbocycles. The van der Waals surface area contributed by atoms with Crippen LogP contribution < -0.4 is 14.2 Å². The van der Waals surface area contributed by atoms with Crippen molar-refractivity contribution in [2.75, 3.05) is 19.9 Å². The minimum Gasteiger partial charge on any atom is -0.489 e. The van der Waals surface area contributed by atoms with Crippen LogP contribution in [0.1, 0.15) is 23.2 Å². The Morgan fingerprint density at radius 3 is 2.79 bits per heavy atom. The largest absolute Gasteiger partial charge is 0.489 e. The normalized spacial score (nSPS) is 16.9. The molecular formula is C18H18N2O4. The van der Waals surface area contributed by atoms with E-state index in [0.717, 1.165) is 18.6 Å². The van der Waals surface area contributed by atoms with Gasteiger partial charge in [0.05, 0.1) is 6.20 Å². The molecular weight excluding hydrogens is 308 g/mol. The highest BCUT2D eigenvalue weighted by Crippen LogP contribution is 2.33. The van der Waals surface area contributed by atoms with Crippen LogP contribution >= 0.6 is 0 Å². The summed E-state index contributed by atoms with van der Waals surface area (Å²) in [6, 6.07) is 9.08. The number of amides is 1. The van der Waals surface area contributed by atoms with Gasteiger partial charge in [-0.25, -0.2) is 0 Å². The molecule has 2 aliphatic heterocycles. The van der Waals surface area contributed by atoms with Crippen LogP contribution in [0.15, 0.2) is 42.7 Å². The van der Waals surface area contributed by atoms with Crippen molar-refractivity contribution < 1.29 is 19.0 Å². The molecule has 0 spiro atoms. The summed E-state index contributed by atoms with van der Waals surface area (Å²) >= 11 is 0. The third-order valence-electron chi connectivity index (χ3n) is 4.29. The van der Waals surface area contributed by atoms with E-state index in [0.29, 0.717) is 30.2 Å². The SMILES string of the molecule is O=C(c1ccc2c(c1)OCO2)N1CCC(Oc2cccnc2)CC1. The molecule has 3 heterocycles. The average Bonchev–Trinajstić information content (AvgIpc) is 3.10. The number of benzene rings is 1. The van der Waals surface area contributed by atoms with Gasteiger partial charge in [-0.05, 0) is 30.3 Å². The molecule has 0 aliphatic carbocycles. The van der Waals surface area contributed by atoms with Gasteiger partial charge in [0, 0.05) is 37.7 Å². The molecule has 1 saturated heterocycles. The predicted molar refractivity (Wildman–Crippen MR) is 86.4 cm³/mol. The molecule has 0 unspecified atom stereocenters. The molecule has 0 N–H and O–H groups in total. The molecule has 1 fully saturated rings. The van der Waals surface area contributed by atoms with E-state index in [1.54, 1.807) is 30.6 Å². The second kappa shape index (κ2) is 6.39. The maximum absolute atomic E-state index is 12.6. The van der Waals surface area contributed by atoms with Crippen LogP contribution in [0.5, 0.6) is 17.2 Å². The lowest BCUT2D eigenvalue weighted by Crippen LogP contribution is -2.41. The van der Waals surface area contributed by atoms with Crippen molar-refractivity contribution in [3.05, 3.63) is 48.3 Å². The van der Waals surface area contributed by atoms with Gasteiger partial charge in [0.2, 0.25) is 6.79 Å². The first-order chi connectivity index (χ1) is 11.8. The molecule has 6 nitrogen and oxygen atoms in total. The van der Waals surface area contributed by atoms with Gasteiger partial charge in [0.1, 0.15) is 11.9 Å². The highest BCUT2D eigenvalue weighted by atomic mass is 16.7. The van der Waals surface area contributed by atoms with Gasteiger partial charge in [-0.15, -0.1) is 0 Å². The van der Waals surface area contributed by atoms with Gasteiger partial charge < -0.3 is 19.1 Å². The van der Waals surface area contributed by atoms with Crippen LogP contribution in [0.4, 0.5) is 0 Å². The maximum atomic E-state index is 12.6. The maximum Gasteiger partial charge on any atom is 0.253 e. The summed E-state index contributed by atoms with van der Waals surface area (Å²) in [6.07, 6.45) is 5.18. The predicted octanol–water partition coefficient (Wildman–Crippen LogP) is 2.49. The highest BCUT2D eigenvalue weighted by Gasteiger charge is 2.26. The van der Waals surface area contributed by atoms with E-state index in [4.69, 9.17) is 14.2 Å². The average molecular weight is 326 g/mol. The lowest BCUT2D eigenvalue weighted by atomic mass is 10.1. The van der Waals surface area contributed by atoms with E-state index < -0.39 is 0 Å². The molecule has 124 valence electrons. The zero-order valence-corrected chi connectivity index (χ0v) is 13.2. The van der Waals surface area contributed by atoms with Crippen LogP contribution in [0, 0.1) is 0 Å². The minimum atomic E-state index is 0.0214. The Labute approximate surface area is 140 Å². The van der Waals surface area contributed by atoms with E-state index in [9.17, 15) is 4.79 Å². The van der Waals surface area contributed by atoms with Crippen molar-refractivity contribution in [1.29, 1.82) is 0 Å². The number of carbonyl (C=O) groups is 1. The van der Waals surface area contributed by atoms with Crippen molar-refractivity contribution in [2.24, 2.45) is 0 Å². The zero-order chi connectivity index (χ0) is 16.4. The van der Waals surface area contributed by atoms with Crippen LogP contribution in [0.25, 0.3) is 0 Å². The Morgan fingerprint density at radius 2 is 2.00 bits per heavy atom. The molecule has 1 amide bonds. The summed E-state index contributed by atoms with van der Waals surface area (Å²) in [7, 11) is 0. The molecule has 0 atom stereocenters. The second-order valence-electron chi connectivity index (χ2n) is 5.87. The Kier molecular flexibility index (Phi) is 3.94. The fourth-order valence-electron chi connectivity index (χ4n) is 3.00. The van der Waals surface area contributed by atoms with Gasteiger partial charge in [-0.2, -0.15) is 0 Å². The standard InChI is InChI=1S/C18H18N2O4/c21-18(13-3-4-16-17(10-13)23-12-22-16)20-8-5-14(6-9-20)24-15-2-1-7-19-11-15/h1-4,7,10-11,14H,5-6,8-9,12H2. The summed E-state index contributed by atoms with van der Waals surface area (Å²) in [5.74, 6) is 2.12. The minimum absolute atomic E-state index is 0.0214. The third-order valence-corrected chi connectivity index (χ3v) is 4.29. The lowest BCUT2D eigenvalue weighted by molar-refractivity contribution is 0.0594. The topological polar surface area (TPSA) is 60.9 Å². The van der Waals surface area contributed by atoms with Crippen molar-refractivity contribution >= 4 is 5.91 Å². The van der Waals surface area contributed by atoms with Crippen LogP contribution in [-0.4, -0.2) is 41.8 Å². The zero-order valence-electron chi connectivity index (χ0n) is 13.2. The number of nitrogens with zero attached hydrogens (tertiary/aromatic N) is 2. The molecule has 0 radical (unpaired) electrons. The number of fused-ring (bicyclic) bond motifs is 1. The highest BCUT2D eigenvalue weighted by molar-refractivity contribution is 5.95. The number of carbonyl (C=O) groups excluding carboxylic acids is 1. The Hall–Kier alpha value is -2.76.